The fraction of sp³-hybridized carbons (Fsp3) is 0.300. The summed E-state index contributed by atoms with van der Waals surface area (Å²) in [6, 6.07) is 8.77. The van der Waals surface area contributed by atoms with Gasteiger partial charge in [0.2, 0.25) is 0 Å². The molecule has 0 aliphatic carbocycles. The second kappa shape index (κ2) is 7.00. The van der Waals surface area contributed by atoms with Crippen LogP contribution in [0.4, 0.5) is 5.69 Å². The molecule has 1 unspecified atom stereocenters. The number of carbonyl (C=O) groups is 1. The van der Waals surface area contributed by atoms with Crippen molar-refractivity contribution in [1.29, 1.82) is 0 Å². The highest BCUT2D eigenvalue weighted by Gasteiger charge is 2.22. The Morgan fingerprint density at radius 3 is 2.93 bits per heavy atom. The molecule has 0 radical (unpaired) electrons. The van der Waals surface area contributed by atoms with Crippen LogP contribution >= 0.6 is 11.6 Å². The maximum Gasteiger partial charge on any atom is 0.255 e. The zero-order valence-electron chi connectivity index (χ0n) is 15.0. The first-order chi connectivity index (χ1) is 13.7. The highest BCUT2D eigenvalue weighted by Crippen LogP contribution is 2.38. The maximum absolute atomic E-state index is 12.7. The number of aromatic amines is 1. The second-order valence-corrected chi connectivity index (χ2v) is 7.20. The Kier molecular flexibility index (Phi) is 4.33. The van der Waals surface area contributed by atoms with Gasteiger partial charge in [-0.05, 0) is 43.2 Å². The summed E-state index contributed by atoms with van der Waals surface area (Å²) in [5.41, 5.74) is 2.75. The molecular weight excluding hydrogens is 382 g/mol. The van der Waals surface area contributed by atoms with Crippen molar-refractivity contribution in [3.05, 3.63) is 46.7 Å². The number of fused-ring (bicyclic) bond motifs is 2. The monoisotopic (exact) mass is 399 g/mol. The largest absolute Gasteiger partial charge is 0.486 e. The smallest absolute Gasteiger partial charge is 0.255 e. The number of ether oxygens (including phenoxy) is 3. The summed E-state index contributed by atoms with van der Waals surface area (Å²) >= 11 is 6.23. The summed E-state index contributed by atoms with van der Waals surface area (Å²) in [4.78, 5) is 20.6. The summed E-state index contributed by atoms with van der Waals surface area (Å²) in [7, 11) is 0. The first-order valence-corrected chi connectivity index (χ1v) is 9.57. The average Bonchev–Trinajstić information content (AvgIpc) is 3.37. The molecule has 1 amide bonds. The molecule has 7 nitrogen and oxygen atoms in total. The molecule has 0 spiro atoms. The van der Waals surface area contributed by atoms with Crippen molar-refractivity contribution in [3.8, 4) is 11.5 Å². The number of aromatic nitrogens is 2. The van der Waals surface area contributed by atoms with Gasteiger partial charge < -0.3 is 24.5 Å². The van der Waals surface area contributed by atoms with Crippen molar-refractivity contribution in [2.24, 2.45) is 0 Å². The molecule has 1 aromatic heterocycles. The van der Waals surface area contributed by atoms with Crippen LogP contribution in [-0.2, 0) is 4.74 Å². The molecule has 3 heterocycles. The Labute approximate surface area is 165 Å². The van der Waals surface area contributed by atoms with Gasteiger partial charge in [0, 0.05) is 17.9 Å². The molecule has 2 N–H and O–H groups in total. The van der Waals surface area contributed by atoms with Crippen LogP contribution in [0.2, 0.25) is 5.02 Å². The van der Waals surface area contributed by atoms with E-state index in [-0.39, 0.29) is 12.0 Å². The third kappa shape index (κ3) is 3.16. The Balaban J connectivity index is 1.38. The molecule has 2 aliphatic rings. The molecule has 1 saturated heterocycles. The van der Waals surface area contributed by atoms with Crippen LogP contribution in [0.1, 0.15) is 35.1 Å². The van der Waals surface area contributed by atoms with Crippen LogP contribution in [-0.4, -0.2) is 35.7 Å². The zero-order valence-corrected chi connectivity index (χ0v) is 15.7. The minimum atomic E-state index is -0.280. The van der Waals surface area contributed by atoms with E-state index in [9.17, 15) is 4.79 Å². The Morgan fingerprint density at radius 2 is 2.07 bits per heavy atom. The molecule has 3 aromatic rings. The normalized spacial score (nSPS) is 18.4. The number of halogens is 1. The van der Waals surface area contributed by atoms with Crippen molar-refractivity contribution >= 4 is 34.2 Å². The van der Waals surface area contributed by atoms with Gasteiger partial charge in [0.1, 0.15) is 25.1 Å². The van der Waals surface area contributed by atoms with Gasteiger partial charge in [-0.15, -0.1) is 0 Å². The number of anilines is 1. The number of nitrogens with zero attached hydrogens (tertiary/aromatic N) is 1. The lowest BCUT2D eigenvalue weighted by atomic mass is 10.1. The predicted molar refractivity (Wildman–Crippen MR) is 104 cm³/mol. The van der Waals surface area contributed by atoms with Gasteiger partial charge in [-0.3, -0.25) is 4.79 Å². The van der Waals surface area contributed by atoms with Crippen molar-refractivity contribution in [1.82, 2.24) is 9.97 Å². The van der Waals surface area contributed by atoms with Gasteiger partial charge in [0.25, 0.3) is 5.91 Å². The number of H-pyrrole nitrogens is 1. The second-order valence-electron chi connectivity index (χ2n) is 6.79. The number of imidazole rings is 1. The quantitative estimate of drug-likeness (QED) is 0.692. The first-order valence-electron chi connectivity index (χ1n) is 9.19. The minimum Gasteiger partial charge on any atom is -0.486 e. The van der Waals surface area contributed by atoms with Crippen LogP contribution in [0.5, 0.6) is 11.5 Å². The number of hydrogen-bond donors (Lipinski definition) is 2. The predicted octanol–water partition coefficient (Wildman–Crippen LogP) is 4.09. The third-order valence-corrected chi connectivity index (χ3v) is 5.13. The average molecular weight is 400 g/mol. The Morgan fingerprint density at radius 1 is 1.18 bits per heavy atom. The van der Waals surface area contributed by atoms with Crippen molar-refractivity contribution in [2.45, 2.75) is 18.9 Å². The van der Waals surface area contributed by atoms with E-state index in [1.54, 1.807) is 12.1 Å². The zero-order chi connectivity index (χ0) is 19.1. The molecule has 2 aromatic carbocycles. The summed E-state index contributed by atoms with van der Waals surface area (Å²) in [5, 5.41) is 3.24. The van der Waals surface area contributed by atoms with E-state index in [1.807, 2.05) is 18.2 Å². The number of rotatable bonds is 3. The molecule has 8 heteroatoms. The minimum absolute atomic E-state index is 0.0188. The number of carbonyl (C=O) groups excluding carboxylic acids is 1. The number of amides is 1. The summed E-state index contributed by atoms with van der Waals surface area (Å²) in [6.45, 7) is 1.63. The molecule has 0 saturated carbocycles. The Hall–Kier alpha value is -2.77. The standard InChI is InChI=1S/C20H18ClN3O4/c21-13-8-11(9-17-18(13)28-7-6-27-17)20(25)22-12-3-4-14-15(10-12)24-19(23-14)16-2-1-5-26-16/h3-4,8-10,16H,1-2,5-7H2,(H,22,25)(H,23,24). The fourth-order valence-corrected chi connectivity index (χ4v) is 3.76. The van der Waals surface area contributed by atoms with E-state index in [0.717, 1.165) is 36.3 Å². The lowest BCUT2D eigenvalue weighted by Gasteiger charge is -2.20. The van der Waals surface area contributed by atoms with Crippen molar-refractivity contribution in [2.75, 3.05) is 25.1 Å². The van der Waals surface area contributed by atoms with Crippen molar-refractivity contribution < 1.29 is 19.0 Å². The van der Waals surface area contributed by atoms with Crippen LogP contribution in [0.25, 0.3) is 11.0 Å². The number of hydrogen-bond acceptors (Lipinski definition) is 5. The van der Waals surface area contributed by atoms with E-state index >= 15 is 0 Å². The third-order valence-electron chi connectivity index (χ3n) is 4.85. The van der Waals surface area contributed by atoms with E-state index in [0.29, 0.717) is 41.0 Å². The van der Waals surface area contributed by atoms with Gasteiger partial charge >= 0.3 is 0 Å². The van der Waals surface area contributed by atoms with E-state index in [4.69, 9.17) is 25.8 Å². The fourth-order valence-electron chi connectivity index (χ4n) is 3.50. The summed E-state index contributed by atoms with van der Waals surface area (Å²) in [6.07, 6.45) is 2.03. The number of benzene rings is 2. The lowest BCUT2D eigenvalue weighted by molar-refractivity contribution is 0.102. The molecule has 28 heavy (non-hydrogen) atoms. The Bertz CT molecular complexity index is 1060. The van der Waals surface area contributed by atoms with Gasteiger partial charge in [-0.1, -0.05) is 11.6 Å². The highest BCUT2D eigenvalue weighted by molar-refractivity contribution is 6.32. The van der Waals surface area contributed by atoms with E-state index in [1.165, 1.54) is 0 Å². The summed E-state index contributed by atoms with van der Waals surface area (Å²) < 4.78 is 16.7. The van der Waals surface area contributed by atoms with Gasteiger partial charge in [0.05, 0.1) is 16.1 Å². The van der Waals surface area contributed by atoms with Gasteiger partial charge in [-0.25, -0.2) is 4.98 Å². The molecule has 1 fully saturated rings. The van der Waals surface area contributed by atoms with Crippen LogP contribution in [0.15, 0.2) is 30.3 Å². The van der Waals surface area contributed by atoms with Crippen LogP contribution in [0, 0.1) is 0 Å². The maximum atomic E-state index is 12.7. The van der Waals surface area contributed by atoms with Crippen molar-refractivity contribution in [3.63, 3.8) is 0 Å². The highest BCUT2D eigenvalue weighted by atomic mass is 35.5. The molecule has 5 rings (SSSR count). The lowest BCUT2D eigenvalue weighted by Crippen LogP contribution is -2.17. The van der Waals surface area contributed by atoms with Crippen LogP contribution in [0.3, 0.4) is 0 Å². The summed E-state index contributed by atoms with van der Waals surface area (Å²) in [5.74, 6) is 1.51. The molecule has 144 valence electrons. The van der Waals surface area contributed by atoms with Gasteiger partial charge in [0.15, 0.2) is 11.5 Å². The van der Waals surface area contributed by atoms with Gasteiger partial charge in [-0.2, -0.15) is 0 Å². The van der Waals surface area contributed by atoms with E-state index in [2.05, 4.69) is 15.3 Å². The van der Waals surface area contributed by atoms with E-state index < -0.39 is 0 Å². The molecule has 0 bridgehead atoms. The molecule has 1 atom stereocenters. The molecule has 2 aliphatic heterocycles. The SMILES string of the molecule is O=C(Nc1ccc2nc(C3CCCO3)[nH]c2c1)c1cc(Cl)c2c(c1)OCCO2. The van der Waals surface area contributed by atoms with Crippen LogP contribution < -0.4 is 14.8 Å². The molecular formula is C20H18ClN3O4. The number of nitrogens with one attached hydrogen (secondary N) is 2. The first kappa shape index (κ1) is 17.3. The topological polar surface area (TPSA) is 85.5 Å².